The summed E-state index contributed by atoms with van der Waals surface area (Å²) in [7, 11) is 0. The molecule has 4 aromatic rings. The molecule has 3 aromatic carbocycles. The number of amides is 1. The topological polar surface area (TPSA) is 89.9 Å². The number of aliphatic hydroxyl groups is 1. The number of fused-ring (bicyclic) bond motifs is 1. The highest BCUT2D eigenvalue weighted by Gasteiger charge is 2.32. The molecule has 1 aliphatic heterocycles. The normalized spacial score (nSPS) is 19.2. The quantitative estimate of drug-likeness (QED) is 0.174. The molecule has 0 spiro atoms. The van der Waals surface area contributed by atoms with Gasteiger partial charge in [0.1, 0.15) is 6.61 Å². The van der Waals surface area contributed by atoms with Gasteiger partial charge in [-0.3, -0.25) is 5.32 Å². The summed E-state index contributed by atoms with van der Waals surface area (Å²) < 4.78 is 20.0. The van der Waals surface area contributed by atoms with E-state index >= 15 is 0 Å². The summed E-state index contributed by atoms with van der Waals surface area (Å²) in [5.74, 6) is 0.736. The number of nitrogens with zero attached hydrogens (tertiary/aromatic N) is 1. The van der Waals surface area contributed by atoms with E-state index in [0.29, 0.717) is 12.1 Å². The summed E-state index contributed by atoms with van der Waals surface area (Å²) in [6.07, 6.45) is 0.853. The number of thioether (sulfide) groups is 1. The van der Waals surface area contributed by atoms with Crippen molar-refractivity contribution >= 4 is 45.1 Å². The third-order valence-electron chi connectivity index (χ3n) is 6.04. The Hall–Kier alpha value is -3.21. The highest BCUT2D eigenvalue weighted by molar-refractivity contribution is 8.01. The van der Waals surface area contributed by atoms with Crippen molar-refractivity contribution in [2.24, 2.45) is 0 Å². The Bertz CT molecular complexity index is 1340. The van der Waals surface area contributed by atoms with Crippen LogP contribution in [0.3, 0.4) is 0 Å². The Morgan fingerprint density at radius 1 is 1.11 bits per heavy atom. The summed E-state index contributed by atoms with van der Waals surface area (Å²) in [6, 6.07) is 23.3. The van der Waals surface area contributed by atoms with Crippen LogP contribution in [-0.4, -0.2) is 34.6 Å². The molecule has 0 bridgehead atoms. The number of para-hydroxylation sites is 1. The maximum absolute atomic E-state index is 11.8. The van der Waals surface area contributed by atoms with E-state index in [2.05, 4.69) is 18.0 Å². The number of carbonyl (C=O) groups excluding carboxylic acids is 1. The Kier molecular flexibility index (Phi) is 8.72. The van der Waals surface area contributed by atoms with Gasteiger partial charge < -0.3 is 19.3 Å². The fourth-order valence-electron chi connectivity index (χ4n) is 4.11. The second-order valence-corrected chi connectivity index (χ2v) is 11.0. The molecule has 7 nitrogen and oxygen atoms in total. The molecule has 2 N–H and O–H groups in total. The smallest absolute Gasteiger partial charge is 0.411 e. The predicted molar refractivity (Wildman–Crippen MR) is 150 cm³/mol. The standard InChI is InChI=1S/C29H28N2O5S2/c1-2-15-34-28(33)30-22-13-11-21(12-14-22)27-35-23(16-25(36-27)20-9-7-19(17-32)8-10-20)18-37-29-31-24-5-3-4-6-26(24)38-29/h2-14,23,25,27,32H,1,15-18H2,(H,30,33)/t23-,25+,27+/m1/s1. The van der Waals surface area contributed by atoms with Crippen molar-refractivity contribution in [3.63, 3.8) is 0 Å². The van der Waals surface area contributed by atoms with Crippen molar-refractivity contribution in [1.82, 2.24) is 4.98 Å². The minimum absolute atomic E-state index is 0.000485. The predicted octanol–water partition coefficient (Wildman–Crippen LogP) is 6.86. The van der Waals surface area contributed by atoms with Crippen molar-refractivity contribution in [3.05, 3.63) is 102 Å². The van der Waals surface area contributed by atoms with Gasteiger partial charge in [0.15, 0.2) is 10.6 Å². The number of aromatic nitrogens is 1. The van der Waals surface area contributed by atoms with Gasteiger partial charge in [-0.15, -0.1) is 11.3 Å². The summed E-state index contributed by atoms with van der Waals surface area (Å²) in [5, 5.41) is 12.1. The Morgan fingerprint density at radius 3 is 2.61 bits per heavy atom. The van der Waals surface area contributed by atoms with Crippen molar-refractivity contribution in [2.45, 2.75) is 35.9 Å². The molecule has 0 saturated carbocycles. The molecule has 9 heteroatoms. The van der Waals surface area contributed by atoms with Crippen LogP contribution in [0.2, 0.25) is 0 Å². The highest BCUT2D eigenvalue weighted by atomic mass is 32.2. The molecule has 1 saturated heterocycles. The maximum atomic E-state index is 11.8. The number of benzene rings is 3. The van der Waals surface area contributed by atoms with Gasteiger partial charge in [-0.1, -0.05) is 72.9 Å². The zero-order chi connectivity index (χ0) is 26.3. The van der Waals surface area contributed by atoms with E-state index in [1.807, 2.05) is 54.6 Å². The number of hydrogen-bond acceptors (Lipinski definition) is 8. The van der Waals surface area contributed by atoms with Gasteiger partial charge in [-0.05, 0) is 35.4 Å². The molecule has 3 atom stereocenters. The van der Waals surface area contributed by atoms with Crippen LogP contribution < -0.4 is 5.32 Å². The minimum atomic E-state index is -0.575. The third kappa shape index (κ3) is 6.61. The lowest BCUT2D eigenvalue weighted by molar-refractivity contribution is -0.245. The fourth-order valence-corrected chi connectivity index (χ4v) is 6.22. The van der Waals surface area contributed by atoms with E-state index in [0.717, 1.165) is 32.3 Å². The first kappa shape index (κ1) is 26.4. The molecule has 0 radical (unpaired) electrons. The molecule has 1 aliphatic rings. The third-order valence-corrected chi connectivity index (χ3v) is 8.35. The molecule has 1 amide bonds. The maximum Gasteiger partial charge on any atom is 0.411 e. The summed E-state index contributed by atoms with van der Waals surface area (Å²) >= 11 is 3.38. The van der Waals surface area contributed by atoms with Gasteiger partial charge >= 0.3 is 6.09 Å². The first-order valence-electron chi connectivity index (χ1n) is 12.2. The lowest BCUT2D eigenvalue weighted by Gasteiger charge is -2.36. The average molecular weight is 549 g/mol. The Balaban J connectivity index is 1.31. The first-order chi connectivity index (χ1) is 18.6. The fraction of sp³-hybridized carbons (Fsp3) is 0.241. The van der Waals surface area contributed by atoms with Crippen LogP contribution in [0.5, 0.6) is 0 Å². The number of aliphatic hydroxyl groups excluding tert-OH is 1. The van der Waals surface area contributed by atoms with Gasteiger partial charge in [0.25, 0.3) is 0 Å². The number of nitrogens with one attached hydrogen (secondary N) is 1. The van der Waals surface area contributed by atoms with Gasteiger partial charge in [0.2, 0.25) is 0 Å². The number of ether oxygens (including phenoxy) is 3. The second kappa shape index (κ2) is 12.6. The zero-order valence-electron chi connectivity index (χ0n) is 20.6. The lowest BCUT2D eigenvalue weighted by Crippen LogP contribution is -2.31. The van der Waals surface area contributed by atoms with Gasteiger partial charge in [-0.25, -0.2) is 9.78 Å². The summed E-state index contributed by atoms with van der Waals surface area (Å²) in [6.45, 7) is 3.68. The number of carbonyl (C=O) groups is 1. The van der Waals surface area contributed by atoms with E-state index in [9.17, 15) is 9.90 Å². The minimum Gasteiger partial charge on any atom is -0.445 e. The number of rotatable bonds is 9. The molecule has 5 rings (SSSR count). The lowest BCUT2D eigenvalue weighted by atomic mass is 10.0. The molecule has 0 unspecified atom stereocenters. The van der Waals surface area contributed by atoms with Gasteiger partial charge in [0, 0.05) is 23.4 Å². The van der Waals surface area contributed by atoms with E-state index in [4.69, 9.17) is 19.2 Å². The molecule has 2 heterocycles. The van der Waals surface area contributed by atoms with Crippen LogP contribution in [0.15, 0.2) is 89.8 Å². The molecule has 0 aliphatic carbocycles. The van der Waals surface area contributed by atoms with Crippen LogP contribution in [0, 0.1) is 0 Å². The van der Waals surface area contributed by atoms with Crippen molar-refractivity contribution < 1.29 is 24.1 Å². The Morgan fingerprint density at radius 2 is 1.87 bits per heavy atom. The summed E-state index contributed by atoms with van der Waals surface area (Å²) in [4.78, 5) is 16.6. The highest BCUT2D eigenvalue weighted by Crippen LogP contribution is 2.40. The number of anilines is 1. The average Bonchev–Trinajstić information content (AvgIpc) is 3.38. The summed E-state index contributed by atoms with van der Waals surface area (Å²) in [5.41, 5.74) is 4.36. The van der Waals surface area contributed by atoms with Crippen LogP contribution in [0.25, 0.3) is 10.2 Å². The molecule has 1 aromatic heterocycles. The van der Waals surface area contributed by atoms with Crippen molar-refractivity contribution in [3.8, 4) is 0 Å². The Labute approximate surface area is 229 Å². The molecular weight excluding hydrogens is 520 g/mol. The number of thiazole rings is 1. The van der Waals surface area contributed by atoms with E-state index < -0.39 is 12.4 Å². The molecule has 1 fully saturated rings. The number of hydrogen-bond donors (Lipinski definition) is 2. The van der Waals surface area contributed by atoms with Crippen molar-refractivity contribution in [2.75, 3.05) is 17.7 Å². The SMILES string of the molecule is C=CCOC(=O)Nc1ccc([C@H]2O[C@@H](CSc3nc4ccccc4s3)C[C@@H](c3ccc(CO)cc3)O2)cc1. The van der Waals surface area contributed by atoms with E-state index in [1.165, 1.54) is 10.8 Å². The van der Waals surface area contributed by atoms with Crippen LogP contribution in [-0.2, 0) is 20.8 Å². The second-order valence-electron chi connectivity index (χ2n) is 8.74. The monoisotopic (exact) mass is 548 g/mol. The van der Waals surface area contributed by atoms with E-state index in [-0.39, 0.29) is 25.4 Å². The molecule has 38 heavy (non-hydrogen) atoms. The zero-order valence-corrected chi connectivity index (χ0v) is 22.3. The van der Waals surface area contributed by atoms with Crippen LogP contribution in [0.1, 0.15) is 35.5 Å². The van der Waals surface area contributed by atoms with Gasteiger partial charge in [0.05, 0.1) is 29.0 Å². The molecular formula is C29H28N2O5S2. The van der Waals surface area contributed by atoms with Gasteiger partial charge in [-0.2, -0.15) is 0 Å². The van der Waals surface area contributed by atoms with Crippen molar-refractivity contribution in [1.29, 1.82) is 0 Å². The largest absolute Gasteiger partial charge is 0.445 e. The first-order valence-corrected chi connectivity index (χ1v) is 14.0. The van der Waals surface area contributed by atoms with Crippen LogP contribution >= 0.6 is 23.1 Å². The molecule has 196 valence electrons. The van der Waals surface area contributed by atoms with Crippen LogP contribution in [0.4, 0.5) is 10.5 Å². The van der Waals surface area contributed by atoms with E-state index in [1.54, 1.807) is 35.2 Å².